The van der Waals surface area contributed by atoms with Crippen molar-refractivity contribution in [2.45, 2.75) is 24.2 Å². The maximum absolute atomic E-state index is 12.8. The number of ether oxygens (including phenoxy) is 3. The number of carbonyl (C=O) groups is 2. The number of hydrogen-bond acceptors (Lipinski definition) is 7. The first-order chi connectivity index (χ1) is 16.4. The van der Waals surface area contributed by atoms with Crippen molar-refractivity contribution in [3.8, 4) is 11.5 Å². The van der Waals surface area contributed by atoms with Gasteiger partial charge < -0.3 is 24.4 Å². The summed E-state index contributed by atoms with van der Waals surface area (Å²) in [5, 5.41) is 2.72. The van der Waals surface area contributed by atoms with Crippen LogP contribution < -0.4 is 19.5 Å². The minimum Gasteiger partial charge on any atom is -0.490 e. The van der Waals surface area contributed by atoms with Gasteiger partial charge in [0.05, 0.1) is 31.3 Å². The highest BCUT2D eigenvalue weighted by molar-refractivity contribution is 7.92. The van der Waals surface area contributed by atoms with Gasteiger partial charge in [-0.25, -0.2) is 8.42 Å². The van der Waals surface area contributed by atoms with E-state index in [9.17, 15) is 18.0 Å². The number of fused-ring (bicyclic) bond motifs is 1. The van der Waals surface area contributed by atoms with Gasteiger partial charge in [0.1, 0.15) is 0 Å². The normalized spacial score (nSPS) is 15.8. The van der Waals surface area contributed by atoms with E-state index in [1.54, 1.807) is 35.2 Å². The maximum Gasteiger partial charge on any atom is 0.262 e. The lowest BCUT2D eigenvalue weighted by Crippen LogP contribution is -2.40. The summed E-state index contributed by atoms with van der Waals surface area (Å²) >= 11 is 0. The molecule has 2 amide bonds. The molecule has 0 spiro atoms. The van der Waals surface area contributed by atoms with Gasteiger partial charge in [0.25, 0.3) is 10.0 Å². The third-order valence-electron chi connectivity index (χ3n) is 5.38. The summed E-state index contributed by atoms with van der Waals surface area (Å²) in [6.45, 7) is 3.10. The summed E-state index contributed by atoms with van der Waals surface area (Å²) < 4.78 is 44.4. The molecular formula is C23H27N3O7S. The highest BCUT2D eigenvalue weighted by Gasteiger charge is 2.20. The number of anilines is 2. The Bertz CT molecular complexity index is 1130. The Kier molecular flexibility index (Phi) is 7.53. The number of hydrogen-bond donors (Lipinski definition) is 2. The summed E-state index contributed by atoms with van der Waals surface area (Å²) in [6, 6.07) is 10.8. The molecule has 1 saturated heterocycles. The first-order valence-electron chi connectivity index (χ1n) is 11.1. The minimum atomic E-state index is -3.85. The second-order valence-corrected chi connectivity index (χ2v) is 9.57. The molecule has 0 aromatic heterocycles. The largest absolute Gasteiger partial charge is 0.490 e. The fourth-order valence-electron chi connectivity index (χ4n) is 3.56. The highest BCUT2D eigenvalue weighted by Crippen LogP contribution is 2.32. The average molecular weight is 490 g/mol. The summed E-state index contributed by atoms with van der Waals surface area (Å²) in [7, 11) is -3.85. The first kappa shape index (κ1) is 23.8. The van der Waals surface area contributed by atoms with Crippen LogP contribution in [0.3, 0.4) is 0 Å². The predicted molar refractivity (Wildman–Crippen MR) is 125 cm³/mol. The Morgan fingerprint density at radius 1 is 0.853 bits per heavy atom. The zero-order valence-corrected chi connectivity index (χ0v) is 19.4. The molecule has 0 atom stereocenters. The van der Waals surface area contributed by atoms with Gasteiger partial charge in [-0.3, -0.25) is 14.3 Å². The topological polar surface area (TPSA) is 123 Å². The predicted octanol–water partition coefficient (Wildman–Crippen LogP) is 2.23. The number of nitrogens with zero attached hydrogens (tertiary/aromatic N) is 1. The SMILES string of the molecule is O=C(CCC(=O)N1CCOCC1)Nc1ccc(NS(=O)(=O)c2ccc3c(c2)OCCCO3)cc1. The molecule has 0 unspecified atom stereocenters. The van der Waals surface area contributed by atoms with E-state index in [4.69, 9.17) is 14.2 Å². The molecule has 2 aliphatic heterocycles. The molecule has 182 valence electrons. The van der Waals surface area contributed by atoms with Crippen LogP contribution in [-0.4, -0.2) is 64.6 Å². The third-order valence-corrected chi connectivity index (χ3v) is 6.76. The van der Waals surface area contributed by atoms with Crippen LogP contribution >= 0.6 is 0 Å². The van der Waals surface area contributed by atoms with Crippen molar-refractivity contribution in [2.75, 3.05) is 49.6 Å². The van der Waals surface area contributed by atoms with Crippen molar-refractivity contribution in [3.63, 3.8) is 0 Å². The zero-order chi connectivity index (χ0) is 24.0. The molecule has 2 aromatic carbocycles. The Hall–Kier alpha value is -3.31. The Morgan fingerprint density at radius 3 is 2.26 bits per heavy atom. The molecule has 0 aliphatic carbocycles. The fourth-order valence-corrected chi connectivity index (χ4v) is 4.63. The summed E-state index contributed by atoms with van der Waals surface area (Å²) in [4.78, 5) is 26.1. The van der Waals surface area contributed by atoms with Crippen molar-refractivity contribution in [1.29, 1.82) is 0 Å². The zero-order valence-electron chi connectivity index (χ0n) is 18.6. The Labute approximate surface area is 198 Å². The average Bonchev–Trinajstić information content (AvgIpc) is 3.09. The Morgan fingerprint density at radius 2 is 1.53 bits per heavy atom. The van der Waals surface area contributed by atoms with E-state index in [1.165, 1.54) is 12.1 Å². The van der Waals surface area contributed by atoms with Crippen molar-refractivity contribution in [3.05, 3.63) is 42.5 Å². The van der Waals surface area contributed by atoms with Crippen molar-refractivity contribution in [1.82, 2.24) is 4.90 Å². The van der Waals surface area contributed by atoms with E-state index in [2.05, 4.69) is 10.0 Å². The van der Waals surface area contributed by atoms with Crippen molar-refractivity contribution < 1.29 is 32.2 Å². The van der Waals surface area contributed by atoms with Crippen LogP contribution in [0.2, 0.25) is 0 Å². The van der Waals surface area contributed by atoms with Crippen molar-refractivity contribution >= 4 is 33.2 Å². The van der Waals surface area contributed by atoms with E-state index in [0.29, 0.717) is 62.4 Å². The highest BCUT2D eigenvalue weighted by atomic mass is 32.2. The number of morpholine rings is 1. The lowest BCUT2D eigenvalue weighted by molar-refractivity contribution is -0.136. The quantitative estimate of drug-likeness (QED) is 0.611. The monoisotopic (exact) mass is 489 g/mol. The van der Waals surface area contributed by atoms with Crippen LogP contribution in [0.25, 0.3) is 0 Å². The number of benzene rings is 2. The van der Waals surface area contributed by atoms with Gasteiger partial charge in [0.2, 0.25) is 11.8 Å². The molecule has 0 saturated carbocycles. The molecule has 11 heteroatoms. The standard InChI is InChI=1S/C23H27N3O7S/c27-22(8-9-23(28)26-10-14-31-15-11-26)24-17-2-4-18(5-3-17)25-34(29,30)19-6-7-20-21(16-19)33-13-1-12-32-20/h2-7,16,25H,1,8-15H2,(H,24,27). The second-order valence-electron chi connectivity index (χ2n) is 7.88. The fraction of sp³-hybridized carbons (Fsp3) is 0.391. The van der Waals surface area contributed by atoms with Gasteiger partial charge in [-0.2, -0.15) is 0 Å². The minimum absolute atomic E-state index is 0.0547. The van der Waals surface area contributed by atoms with Gasteiger partial charge in [0.15, 0.2) is 11.5 Å². The number of carbonyl (C=O) groups excluding carboxylic acids is 2. The van der Waals surface area contributed by atoms with Crippen LogP contribution in [0, 0.1) is 0 Å². The molecule has 0 radical (unpaired) electrons. The molecule has 0 bridgehead atoms. The van der Waals surface area contributed by atoms with Gasteiger partial charge >= 0.3 is 0 Å². The van der Waals surface area contributed by atoms with Gasteiger partial charge in [-0.1, -0.05) is 0 Å². The smallest absolute Gasteiger partial charge is 0.262 e. The first-order valence-corrected chi connectivity index (χ1v) is 12.6. The van der Waals surface area contributed by atoms with E-state index in [-0.39, 0.29) is 29.6 Å². The maximum atomic E-state index is 12.8. The lowest BCUT2D eigenvalue weighted by Gasteiger charge is -2.26. The van der Waals surface area contributed by atoms with E-state index >= 15 is 0 Å². The lowest BCUT2D eigenvalue weighted by atomic mass is 10.2. The van der Waals surface area contributed by atoms with E-state index in [1.807, 2.05) is 0 Å². The summed E-state index contributed by atoms with van der Waals surface area (Å²) in [5.74, 6) is 0.550. The summed E-state index contributed by atoms with van der Waals surface area (Å²) in [6.07, 6.45) is 0.913. The van der Waals surface area contributed by atoms with Crippen LogP contribution in [0.15, 0.2) is 47.4 Å². The van der Waals surface area contributed by atoms with Gasteiger partial charge in [-0.05, 0) is 36.4 Å². The molecule has 2 heterocycles. The molecule has 4 rings (SSSR count). The molecule has 34 heavy (non-hydrogen) atoms. The number of nitrogens with one attached hydrogen (secondary N) is 2. The van der Waals surface area contributed by atoms with Crippen LogP contribution in [0.5, 0.6) is 11.5 Å². The third kappa shape index (κ3) is 6.17. The van der Waals surface area contributed by atoms with Crippen molar-refractivity contribution in [2.24, 2.45) is 0 Å². The van der Waals surface area contributed by atoms with Crippen LogP contribution in [0.1, 0.15) is 19.3 Å². The molecule has 2 aromatic rings. The molecule has 1 fully saturated rings. The van der Waals surface area contributed by atoms with Gasteiger partial charge in [-0.15, -0.1) is 0 Å². The number of rotatable bonds is 7. The number of sulfonamides is 1. The molecule has 2 N–H and O–H groups in total. The number of amides is 2. The van der Waals surface area contributed by atoms with Crippen LogP contribution in [0.4, 0.5) is 11.4 Å². The van der Waals surface area contributed by atoms with E-state index in [0.717, 1.165) is 6.42 Å². The Balaban J connectivity index is 1.31. The molecular weight excluding hydrogens is 462 g/mol. The summed E-state index contributed by atoms with van der Waals surface area (Å²) in [5.41, 5.74) is 0.843. The second kappa shape index (κ2) is 10.7. The van der Waals surface area contributed by atoms with Gasteiger partial charge in [0, 0.05) is 49.8 Å². The molecule has 2 aliphatic rings. The molecule has 10 nitrogen and oxygen atoms in total. The van der Waals surface area contributed by atoms with E-state index < -0.39 is 10.0 Å². The van der Waals surface area contributed by atoms with Crippen LogP contribution in [-0.2, 0) is 24.3 Å².